The predicted molar refractivity (Wildman–Crippen MR) is 91.9 cm³/mol. The van der Waals surface area contributed by atoms with Crippen LogP contribution in [-0.2, 0) is 9.59 Å². The molecule has 0 saturated carbocycles. The Morgan fingerprint density at radius 3 is 2.57 bits per heavy atom. The zero-order valence-electron chi connectivity index (χ0n) is 11.9. The third-order valence-corrected chi connectivity index (χ3v) is 3.31. The molecule has 0 aliphatic rings. The highest BCUT2D eigenvalue weighted by molar-refractivity contribution is 6.33. The van der Waals surface area contributed by atoms with Gasteiger partial charge in [-0.3, -0.25) is 9.59 Å². The van der Waals surface area contributed by atoms with Gasteiger partial charge in [0, 0.05) is 21.3 Å². The second-order valence-electron chi connectivity index (χ2n) is 4.55. The summed E-state index contributed by atoms with van der Waals surface area (Å²) in [7, 11) is 0. The molecule has 2 N–H and O–H groups in total. The van der Waals surface area contributed by atoms with E-state index in [9.17, 15) is 9.59 Å². The molecule has 0 aliphatic carbocycles. The van der Waals surface area contributed by atoms with E-state index in [1.54, 1.807) is 48.5 Å². The molecular weight excluding hydrogens is 337 g/mol. The Bertz CT molecular complexity index is 748. The maximum Gasteiger partial charge on any atom is 0.249 e. The number of hydrazone groups is 1. The van der Waals surface area contributed by atoms with E-state index in [0.29, 0.717) is 21.3 Å². The largest absolute Gasteiger partial charge is 0.326 e. The van der Waals surface area contributed by atoms with Crippen molar-refractivity contribution in [3.8, 4) is 0 Å². The van der Waals surface area contributed by atoms with Gasteiger partial charge in [0.25, 0.3) is 0 Å². The van der Waals surface area contributed by atoms with Crippen molar-refractivity contribution in [1.29, 1.82) is 0 Å². The molecule has 5 nitrogen and oxygen atoms in total. The van der Waals surface area contributed by atoms with Crippen LogP contribution < -0.4 is 10.7 Å². The van der Waals surface area contributed by atoms with E-state index in [0.717, 1.165) is 0 Å². The first-order valence-electron chi connectivity index (χ1n) is 6.66. The van der Waals surface area contributed by atoms with Gasteiger partial charge < -0.3 is 5.32 Å². The molecule has 0 saturated heterocycles. The number of halogens is 2. The van der Waals surface area contributed by atoms with E-state index in [-0.39, 0.29) is 6.42 Å². The number of amides is 2. The summed E-state index contributed by atoms with van der Waals surface area (Å²) < 4.78 is 0. The number of nitrogens with one attached hydrogen (secondary N) is 2. The predicted octanol–water partition coefficient (Wildman–Crippen LogP) is 3.47. The fraction of sp³-hybridized carbons (Fsp3) is 0.0625. The van der Waals surface area contributed by atoms with Crippen LogP contribution in [0.4, 0.5) is 5.69 Å². The molecular formula is C16H13Cl2N3O2. The summed E-state index contributed by atoms with van der Waals surface area (Å²) in [4.78, 5) is 23.4. The number of hydrogen-bond acceptors (Lipinski definition) is 3. The summed E-state index contributed by atoms with van der Waals surface area (Å²) >= 11 is 11.8. The second kappa shape index (κ2) is 8.31. The van der Waals surface area contributed by atoms with Crippen molar-refractivity contribution >= 4 is 46.9 Å². The normalized spacial score (nSPS) is 10.5. The summed E-state index contributed by atoms with van der Waals surface area (Å²) in [5.41, 5.74) is 3.46. The summed E-state index contributed by atoms with van der Waals surface area (Å²) in [6, 6.07) is 13.7. The van der Waals surface area contributed by atoms with Gasteiger partial charge in [-0.2, -0.15) is 5.10 Å². The van der Waals surface area contributed by atoms with Gasteiger partial charge in [-0.15, -0.1) is 0 Å². The van der Waals surface area contributed by atoms with Crippen molar-refractivity contribution in [2.75, 3.05) is 5.32 Å². The molecule has 2 rings (SSSR count). The number of anilines is 1. The minimum Gasteiger partial charge on any atom is -0.326 e. The van der Waals surface area contributed by atoms with Crippen LogP contribution in [-0.4, -0.2) is 18.0 Å². The van der Waals surface area contributed by atoms with Crippen molar-refractivity contribution < 1.29 is 9.59 Å². The van der Waals surface area contributed by atoms with Gasteiger partial charge >= 0.3 is 0 Å². The number of nitrogens with zero attached hydrogens (tertiary/aromatic N) is 1. The molecule has 2 aromatic carbocycles. The van der Waals surface area contributed by atoms with Crippen molar-refractivity contribution in [2.24, 2.45) is 5.10 Å². The number of carbonyl (C=O) groups is 2. The lowest BCUT2D eigenvalue weighted by molar-refractivity contribution is -0.126. The monoisotopic (exact) mass is 349 g/mol. The summed E-state index contributed by atoms with van der Waals surface area (Å²) in [6.45, 7) is 0. The average Bonchev–Trinajstić information content (AvgIpc) is 2.49. The standard InChI is InChI=1S/C16H13Cl2N3O2/c17-12-5-3-6-13(8-12)20-15(22)9-16(23)21-19-10-11-4-1-2-7-14(11)18/h1-8,10H,9H2,(H,20,22)(H,21,23)/b19-10-. The molecule has 0 bridgehead atoms. The maximum atomic E-state index is 11.7. The third kappa shape index (κ3) is 5.73. The van der Waals surface area contributed by atoms with E-state index in [1.807, 2.05) is 0 Å². The van der Waals surface area contributed by atoms with Crippen LogP contribution in [0.5, 0.6) is 0 Å². The highest BCUT2D eigenvalue weighted by Crippen LogP contribution is 2.15. The number of benzene rings is 2. The summed E-state index contributed by atoms with van der Waals surface area (Å²) in [6.07, 6.45) is 1.06. The molecule has 0 aromatic heterocycles. The molecule has 0 unspecified atom stereocenters. The molecule has 7 heteroatoms. The van der Waals surface area contributed by atoms with Crippen LogP contribution in [0.1, 0.15) is 12.0 Å². The van der Waals surface area contributed by atoms with Gasteiger partial charge in [0.2, 0.25) is 11.8 Å². The number of rotatable bonds is 5. The topological polar surface area (TPSA) is 70.6 Å². The van der Waals surface area contributed by atoms with Gasteiger partial charge in [0.05, 0.1) is 6.21 Å². The van der Waals surface area contributed by atoms with E-state index >= 15 is 0 Å². The number of hydrogen-bond donors (Lipinski definition) is 2. The lowest BCUT2D eigenvalue weighted by Gasteiger charge is -2.04. The highest BCUT2D eigenvalue weighted by atomic mass is 35.5. The first-order valence-corrected chi connectivity index (χ1v) is 7.42. The Morgan fingerprint density at radius 1 is 1.04 bits per heavy atom. The summed E-state index contributed by atoms with van der Waals surface area (Å²) in [5, 5.41) is 7.35. The maximum absolute atomic E-state index is 11.7. The van der Waals surface area contributed by atoms with Crippen LogP contribution in [0, 0.1) is 0 Å². The van der Waals surface area contributed by atoms with Gasteiger partial charge in [-0.05, 0) is 24.3 Å². The number of carbonyl (C=O) groups excluding carboxylic acids is 2. The molecule has 0 heterocycles. The van der Waals surface area contributed by atoms with Crippen LogP contribution >= 0.6 is 23.2 Å². The molecule has 23 heavy (non-hydrogen) atoms. The molecule has 0 aliphatic heterocycles. The van der Waals surface area contributed by atoms with Gasteiger partial charge in [0.1, 0.15) is 6.42 Å². The Kier molecular flexibility index (Phi) is 6.14. The molecule has 2 aromatic rings. The first-order chi connectivity index (χ1) is 11.0. The van der Waals surface area contributed by atoms with Gasteiger partial charge in [-0.1, -0.05) is 47.5 Å². The van der Waals surface area contributed by atoms with Gasteiger partial charge in [0.15, 0.2) is 0 Å². The van der Waals surface area contributed by atoms with Crippen LogP contribution in [0.2, 0.25) is 10.0 Å². The van der Waals surface area contributed by atoms with E-state index in [2.05, 4.69) is 15.8 Å². The minimum atomic E-state index is -0.534. The Labute approximate surface area is 143 Å². The SMILES string of the molecule is O=C(CC(=O)Nc1cccc(Cl)c1)N/N=C\c1ccccc1Cl. The van der Waals surface area contributed by atoms with Crippen molar-refractivity contribution in [3.63, 3.8) is 0 Å². The van der Waals surface area contributed by atoms with Crippen LogP contribution in [0.25, 0.3) is 0 Å². The Morgan fingerprint density at radius 2 is 1.83 bits per heavy atom. The molecule has 0 radical (unpaired) electrons. The minimum absolute atomic E-state index is 0.355. The van der Waals surface area contributed by atoms with E-state index < -0.39 is 11.8 Å². The molecule has 2 amide bonds. The fourth-order valence-corrected chi connectivity index (χ4v) is 2.09. The molecule has 118 valence electrons. The molecule has 0 fully saturated rings. The van der Waals surface area contributed by atoms with Gasteiger partial charge in [-0.25, -0.2) is 5.43 Å². The van der Waals surface area contributed by atoms with E-state index in [4.69, 9.17) is 23.2 Å². The average molecular weight is 350 g/mol. The zero-order chi connectivity index (χ0) is 16.7. The molecule has 0 atom stereocenters. The lowest BCUT2D eigenvalue weighted by atomic mass is 10.2. The zero-order valence-corrected chi connectivity index (χ0v) is 13.4. The quantitative estimate of drug-likeness (QED) is 0.492. The summed E-state index contributed by atoms with van der Waals surface area (Å²) in [5.74, 6) is -0.995. The second-order valence-corrected chi connectivity index (χ2v) is 5.39. The first kappa shape index (κ1) is 17.0. The van der Waals surface area contributed by atoms with Crippen LogP contribution in [0.3, 0.4) is 0 Å². The molecule has 0 spiro atoms. The highest BCUT2D eigenvalue weighted by Gasteiger charge is 2.09. The van der Waals surface area contributed by atoms with Crippen LogP contribution in [0.15, 0.2) is 53.6 Å². The lowest BCUT2D eigenvalue weighted by Crippen LogP contribution is -2.24. The smallest absolute Gasteiger partial charge is 0.249 e. The van der Waals surface area contributed by atoms with Crippen molar-refractivity contribution in [2.45, 2.75) is 6.42 Å². The third-order valence-electron chi connectivity index (χ3n) is 2.73. The van der Waals surface area contributed by atoms with Crippen molar-refractivity contribution in [1.82, 2.24) is 5.43 Å². The Hall–Kier alpha value is -2.37. The fourth-order valence-electron chi connectivity index (χ4n) is 1.71. The Balaban J connectivity index is 1.82. The van der Waals surface area contributed by atoms with Crippen molar-refractivity contribution in [3.05, 3.63) is 64.1 Å². The van der Waals surface area contributed by atoms with E-state index in [1.165, 1.54) is 6.21 Å².